The molecular formula is C19H24N4O. The van der Waals surface area contributed by atoms with E-state index >= 15 is 0 Å². The smallest absolute Gasteiger partial charge is 0.274 e. The van der Waals surface area contributed by atoms with Gasteiger partial charge in [-0.15, -0.1) is 0 Å². The van der Waals surface area contributed by atoms with Gasteiger partial charge in [0.15, 0.2) is 0 Å². The Bertz CT molecular complexity index is 719. The Morgan fingerprint density at radius 3 is 2.50 bits per heavy atom. The molecule has 1 aliphatic rings. The van der Waals surface area contributed by atoms with Crippen molar-refractivity contribution in [1.29, 1.82) is 0 Å². The zero-order chi connectivity index (χ0) is 17.1. The van der Waals surface area contributed by atoms with Crippen LogP contribution in [-0.4, -0.2) is 49.0 Å². The Labute approximate surface area is 143 Å². The van der Waals surface area contributed by atoms with E-state index in [4.69, 9.17) is 0 Å². The van der Waals surface area contributed by atoms with E-state index in [1.165, 1.54) is 0 Å². The van der Waals surface area contributed by atoms with Crippen LogP contribution in [0.25, 0.3) is 0 Å². The fourth-order valence-corrected chi connectivity index (χ4v) is 2.83. The SMILES string of the molecule is Cc1ccc(C)c(NC(=O)c2ccc(N3CCN(C)CC3)cn2)c1. The lowest BCUT2D eigenvalue weighted by molar-refractivity contribution is 0.102. The molecule has 1 saturated heterocycles. The van der Waals surface area contributed by atoms with Crippen LogP contribution in [-0.2, 0) is 0 Å². The van der Waals surface area contributed by atoms with Crippen LogP contribution in [0.4, 0.5) is 11.4 Å². The lowest BCUT2D eigenvalue weighted by Crippen LogP contribution is -2.44. The van der Waals surface area contributed by atoms with Gasteiger partial charge in [0.05, 0.1) is 11.9 Å². The van der Waals surface area contributed by atoms with Crippen molar-refractivity contribution in [2.75, 3.05) is 43.4 Å². The number of carbonyl (C=O) groups is 1. The van der Waals surface area contributed by atoms with Gasteiger partial charge in [0, 0.05) is 31.9 Å². The van der Waals surface area contributed by atoms with Crippen LogP contribution in [0.5, 0.6) is 0 Å². The number of aromatic nitrogens is 1. The lowest BCUT2D eigenvalue weighted by Gasteiger charge is -2.33. The molecule has 0 spiro atoms. The molecule has 2 heterocycles. The van der Waals surface area contributed by atoms with E-state index in [0.717, 1.165) is 48.7 Å². The third-order valence-electron chi connectivity index (χ3n) is 4.49. The summed E-state index contributed by atoms with van der Waals surface area (Å²) in [4.78, 5) is 21.4. The standard InChI is InChI=1S/C19H24N4O/c1-14-4-5-15(2)18(12-14)21-19(24)17-7-6-16(13-20-17)23-10-8-22(3)9-11-23/h4-7,12-13H,8-11H2,1-3H3,(H,21,24). The summed E-state index contributed by atoms with van der Waals surface area (Å²) < 4.78 is 0. The molecule has 1 aromatic carbocycles. The summed E-state index contributed by atoms with van der Waals surface area (Å²) in [6.45, 7) is 8.08. The third kappa shape index (κ3) is 3.74. The molecule has 3 rings (SSSR count). The van der Waals surface area contributed by atoms with Crippen LogP contribution in [0, 0.1) is 13.8 Å². The molecule has 24 heavy (non-hydrogen) atoms. The Morgan fingerprint density at radius 1 is 1.08 bits per heavy atom. The van der Waals surface area contributed by atoms with E-state index < -0.39 is 0 Å². The van der Waals surface area contributed by atoms with Crippen LogP contribution in [0.2, 0.25) is 0 Å². The molecule has 1 aromatic heterocycles. The van der Waals surface area contributed by atoms with Gasteiger partial charge in [0.1, 0.15) is 5.69 Å². The van der Waals surface area contributed by atoms with Gasteiger partial charge in [-0.05, 0) is 50.2 Å². The van der Waals surface area contributed by atoms with Crippen molar-refractivity contribution in [1.82, 2.24) is 9.88 Å². The van der Waals surface area contributed by atoms with Gasteiger partial charge in [-0.2, -0.15) is 0 Å². The topological polar surface area (TPSA) is 48.5 Å². The zero-order valence-electron chi connectivity index (χ0n) is 14.5. The number of anilines is 2. The number of hydrogen-bond acceptors (Lipinski definition) is 4. The Hall–Kier alpha value is -2.40. The first-order valence-corrected chi connectivity index (χ1v) is 8.31. The number of piperazine rings is 1. The van der Waals surface area contributed by atoms with Crippen molar-refractivity contribution in [3.63, 3.8) is 0 Å². The zero-order valence-corrected chi connectivity index (χ0v) is 14.5. The molecule has 5 heteroatoms. The number of nitrogens with zero attached hydrogens (tertiary/aromatic N) is 3. The predicted molar refractivity (Wildman–Crippen MR) is 97.8 cm³/mol. The molecule has 0 aliphatic carbocycles. The maximum Gasteiger partial charge on any atom is 0.274 e. The van der Waals surface area contributed by atoms with Gasteiger partial charge in [-0.25, -0.2) is 4.98 Å². The molecule has 1 fully saturated rings. The van der Waals surface area contributed by atoms with Crippen molar-refractivity contribution in [2.45, 2.75) is 13.8 Å². The third-order valence-corrected chi connectivity index (χ3v) is 4.49. The highest BCUT2D eigenvalue weighted by atomic mass is 16.1. The van der Waals surface area contributed by atoms with E-state index in [2.05, 4.69) is 27.1 Å². The average molecular weight is 324 g/mol. The summed E-state index contributed by atoms with van der Waals surface area (Å²) in [5.41, 5.74) is 4.52. The number of pyridine rings is 1. The Morgan fingerprint density at radius 2 is 1.83 bits per heavy atom. The van der Waals surface area contributed by atoms with E-state index in [1.54, 1.807) is 12.3 Å². The van der Waals surface area contributed by atoms with Crippen molar-refractivity contribution in [2.24, 2.45) is 0 Å². The molecule has 0 atom stereocenters. The van der Waals surface area contributed by atoms with E-state index in [9.17, 15) is 4.79 Å². The molecule has 2 aromatic rings. The largest absolute Gasteiger partial charge is 0.368 e. The van der Waals surface area contributed by atoms with Gasteiger partial charge < -0.3 is 15.1 Å². The number of benzene rings is 1. The summed E-state index contributed by atoms with van der Waals surface area (Å²) in [6, 6.07) is 9.80. The molecule has 1 aliphatic heterocycles. The molecule has 126 valence electrons. The van der Waals surface area contributed by atoms with Gasteiger partial charge in [-0.1, -0.05) is 12.1 Å². The molecule has 1 amide bonds. The fraction of sp³-hybridized carbons (Fsp3) is 0.368. The summed E-state index contributed by atoms with van der Waals surface area (Å²) in [5, 5.41) is 2.95. The highest BCUT2D eigenvalue weighted by Crippen LogP contribution is 2.18. The summed E-state index contributed by atoms with van der Waals surface area (Å²) in [5.74, 6) is -0.173. The normalized spacial score (nSPS) is 15.4. The van der Waals surface area contributed by atoms with Crippen LogP contribution in [0.3, 0.4) is 0 Å². The van der Waals surface area contributed by atoms with E-state index in [0.29, 0.717) is 5.69 Å². The number of nitrogens with one attached hydrogen (secondary N) is 1. The number of likely N-dealkylation sites (N-methyl/N-ethyl adjacent to an activating group) is 1. The Balaban J connectivity index is 1.68. The number of aryl methyl sites for hydroxylation is 2. The van der Waals surface area contributed by atoms with Crippen molar-refractivity contribution >= 4 is 17.3 Å². The van der Waals surface area contributed by atoms with E-state index in [1.807, 2.05) is 38.1 Å². The van der Waals surface area contributed by atoms with Crippen LogP contribution in [0.15, 0.2) is 36.5 Å². The van der Waals surface area contributed by atoms with Crippen molar-refractivity contribution in [3.8, 4) is 0 Å². The van der Waals surface area contributed by atoms with Crippen LogP contribution >= 0.6 is 0 Å². The molecule has 0 radical (unpaired) electrons. The number of carbonyl (C=O) groups excluding carboxylic acids is 1. The van der Waals surface area contributed by atoms with Gasteiger partial charge in [0.2, 0.25) is 0 Å². The highest BCUT2D eigenvalue weighted by molar-refractivity contribution is 6.03. The monoisotopic (exact) mass is 324 g/mol. The maximum atomic E-state index is 12.4. The van der Waals surface area contributed by atoms with Crippen molar-refractivity contribution in [3.05, 3.63) is 53.3 Å². The summed E-state index contributed by atoms with van der Waals surface area (Å²) in [7, 11) is 2.14. The molecule has 0 bridgehead atoms. The van der Waals surface area contributed by atoms with Crippen LogP contribution < -0.4 is 10.2 Å². The van der Waals surface area contributed by atoms with E-state index in [-0.39, 0.29) is 5.91 Å². The number of hydrogen-bond donors (Lipinski definition) is 1. The van der Waals surface area contributed by atoms with Gasteiger partial charge >= 0.3 is 0 Å². The summed E-state index contributed by atoms with van der Waals surface area (Å²) in [6.07, 6.45) is 1.79. The first-order valence-electron chi connectivity index (χ1n) is 8.31. The first kappa shape index (κ1) is 16.5. The second-order valence-corrected chi connectivity index (χ2v) is 6.46. The molecule has 1 N–H and O–H groups in total. The minimum Gasteiger partial charge on any atom is -0.368 e. The minimum atomic E-state index is -0.173. The average Bonchev–Trinajstić information content (AvgIpc) is 2.59. The Kier molecular flexibility index (Phi) is 4.81. The number of amides is 1. The quantitative estimate of drug-likeness (QED) is 0.943. The molecular weight excluding hydrogens is 300 g/mol. The van der Waals surface area contributed by atoms with Crippen molar-refractivity contribution < 1.29 is 4.79 Å². The minimum absolute atomic E-state index is 0.173. The maximum absolute atomic E-state index is 12.4. The summed E-state index contributed by atoms with van der Waals surface area (Å²) >= 11 is 0. The molecule has 0 saturated carbocycles. The first-order chi connectivity index (χ1) is 11.5. The van der Waals surface area contributed by atoms with Gasteiger partial charge in [0.25, 0.3) is 5.91 Å². The number of rotatable bonds is 3. The predicted octanol–water partition coefficient (Wildman–Crippen LogP) is 2.70. The molecule has 0 unspecified atom stereocenters. The highest BCUT2D eigenvalue weighted by Gasteiger charge is 2.15. The lowest BCUT2D eigenvalue weighted by atomic mass is 10.1. The van der Waals surface area contributed by atoms with Gasteiger partial charge in [-0.3, -0.25) is 4.79 Å². The second-order valence-electron chi connectivity index (χ2n) is 6.46. The fourth-order valence-electron chi connectivity index (χ4n) is 2.83. The second kappa shape index (κ2) is 7.01. The molecule has 5 nitrogen and oxygen atoms in total. The van der Waals surface area contributed by atoms with Crippen LogP contribution in [0.1, 0.15) is 21.6 Å².